The van der Waals surface area contributed by atoms with Crippen LogP contribution in [0, 0.1) is 0 Å². The molecule has 0 aliphatic rings. The van der Waals surface area contributed by atoms with Gasteiger partial charge in [0.25, 0.3) is 0 Å². The van der Waals surface area contributed by atoms with Gasteiger partial charge in [-0.15, -0.1) is 11.3 Å². The monoisotopic (exact) mass is 556 g/mol. The lowest BCUT2D eigenvalue weighted by atomic mass is 9.96. The van der Waals surface area contributed by atoms with E-state index >= 15 is 0 Å². The zero-order valence-corrected chi connectivity index (χ0v) is 22.6. The SMILES string of the molecule is FC(F)(F)c1ccc(-c2ccc(-c3ccc(-c4ccc(-c5ccc6sc7ccccc7c6c5)cc4)cc3)cc2)cc1. The van der Waals surface area contributed by atoms with Crippen molar-refractivity contribution in [2.45, 2.75) is 6.18 Å². The normalized spacial score (nSPS) is 11.8. The van der Waals surface area contributed by atoms with Gasteiger partial charge in [0.2, 0.25) is 0 Å². The van der Waals surface area contributed by atoms with Crippen LogP contribution in [0.3, 0.4) is 0 Å². The van der Waals surface area contributed by atoms with Crippen LogP contribution < -0.4 is 0 Å². The highest BCUT2D eigenvalue weighted by Gasteiger charge is 2.29. The molecule has 0 amide bonds. The highest BCUT2D eigenvalue weighted by Crippen LogP contribution is 2.37. The molecule has 7 rings (SSSR count). The minimum Gasteiger partial charge on any atom is -0.166 e. The second-order valence-electron chi connectivity index (χ2n) is 10.1. The number of rotatable bonds is 4. The smallest absolute Gasteiger partial charge is 0.166 e. The summed E-state index contributed by atoms with van der Waals surface area (Å²) in [7, 11) is 0. The highest BCUT2D eigenvalue weighted by molar-refractivity contribution is 7.25. The first-order chi connectivity index (χ1) is 19.9. The first-order valence-electron chi connectivity index (χ1n) is 13.3. The Kier molecular flexibility index (Phi) is 6.21. The van der Waals surface area contributed by atoms with Crippen LogP contribution in [-0.4, -0.2) is 0 Å². The number of fused-ring (bicyclic) bond motifs is 3. The molecule has 41 heavy (non-hydrogen) atoms. The maximum atomic E-state index is 12.9. The van der Waals surface area contributed by atoms with Crippen molar-refractivity contribution in [1.82, 2.24) is 0 Å². The van der Waals surface area contributed by atoms with Crippen LogP contribution in [-0.2, 0) is 6.18 Å². The van der Waals surface area contributed by atoms with E-state index in [9.17, 15) is 13.2 Å². The predicted octanol–water partition coefficient (Wildman–Crippen LogP) is 11.7. The number of hydrogen-bond acceptors (Lipinski definition) is 1. The number of benzene rings is 6. The van der Waals surface area contributed by atoms with Gasteiger partial charge < -0.3 is 0 Å². The Balaban J connectivity index is 1.09. The molecule has 0 radical (unpaired) electrons. The molecule has 0 N–H and O–H groups in total. The predicted molar refractivity (Wildman–Crippen MR) is 166 cm³/mol. The number of thiophene rings is 1. The molecule has 0 saturated carbocycles. The van der Waals surface area contributed by atoms with Crippen molar-refractivity contribution >= 4 is 31.5 Å². The molecule has 7 aromatic rings. The van der Waals surface area contributed by atoms with Crippen molar-refractivity contribution in [1.29, 1.82) is 0 Å². The molecule has 4 heteroatoms. The summed E-state index contributed by atoms with van der Waals surface area (Å²) in [5, 5.41) is 2.61. The van der Waals surface area contributed by atoms with Crippen molar-refractivity contribution < 1.29 is 13.2 Å². The van der Waals surface area contributed by atoms with Gasteiger partial charge in [0.15, 0.2) is 0 Å². The zero-order chi connectivity index (χ0) is 28.0. The van der Waals surface area contributed by atoms with Crippen molar-refractivity contribution in [3.05, 3.63) is 145 Å². The van der Waals surface area contributed by atoms with Gasteiger partial charge in [0, 0.05) is 20.2 Å². The molecule has 0 unspecified atom stereocenters. The Morgan fingerprint density at radius 3 is 1.20 bits per heavy atom. The first kappa shape index (κ1) is 25.3. The molecule has 6 aromatic carbocycles. The van der Waals surface area contributed by atoms with E-state index in [2.05, 4.69) is 91.0 Å². The van der Waals surface area contributed by atoms with E-state index in [1.165, 1.54) is 43.4 Å². The number of alkyl halides is 3. The molecule has 0 spiro atoms. The Morgan fingerprint density at radius 1 is 0.366 bits per heavy atom. The molecule has 0 bridgehead atoms. The summed E-state index contributed by atoms with van der Waals surface area (Å²) in [6.07, 6.45) is -4.33. The molecular formula is C37H23F3S. The summed E-state index contributed by atoms with van der Waals surface area (Å²) in [5.41, 5.74) is 7.83. The molecule has 0 nitrogen and oxygen atoms in total. The van der Waals surface area contributed by atoms with E-state index in [1.54, 1.807) is 0 Å². The lowest BCUT2D eigenvalue weighted by molar-refractivity contribution is -0.137. The summed E-state index contributed by atoms with van der Waals surface area (Å²) in [6, 6.07) is 45.6. The van der Waals surface area contributed by atoms with Crippen LogP contribution in [0.1, 0.15) is 5.56 Å². The lowest BCUT2D eigenvalue weighted by Crippen LogP contribution is -2.03. The van der Waals surface area contributed by atoms with E-state index in [4.69, 9.17) is 0 Å². The Hall–Kier alpha value is -4.67. The molecule has 0 aliphatic carbocycles. The van der Waals surface area contributed by atoms with Crippen molar-refractivity contribution in [3.8, 4) is 44.5 Å². The Morgan fingerprint density at radius 2 is 0.732 bits per heavy atom. The molecule has 198 valence electrons. The third kappa shape index (κ3) is 4.92. The molecule has 1 aromatic heterocycles. The van der Waals surface area contributed by atoms with Gasteiger partial charge in [-0.3, -0.25) is 0 Å². The van der Waals surface area contributed by atoms with E-state index < -0.39 is 11.7 Å². The van der Waals surface area contributed by atoms with E-state index in [0.29, 0.717) is 0 Å². The van der Waals surface area contributed by atoms with Crippen molar-refractivity contribution in [3.63, 3.8) is 0 Å². The van der Waals surface area contributed by atoms with E-state index in [1.807, 2.05) is 35.6 Å². The third-order valence-corrected chi connectivity index (χ3v) is 8.73. The highest BCUT2D eigenvalue weighted by atomic mass is 32.1. The summed E-state index contributed by atoms with van der Waals surface area (Å²) in [5.74, 6) is 0. The zero-order valence-electron chi connectivity index (χ0n) is 21.8. The second-order valence-corrected chi connectivity index (χ2v) is 11.2. The lowest BCUT2D eigenvalue weighted by Gasteiger charge is -2.09. The fourth-order valence-corrected chi connectivity index (χ4v) is 6.41. The van der Waals surface area contributed by atoms with Crippen molar-refractivity contribution in [2.24, 2.45) is 0 Å². The van der Waals surface area contributed by atoms with Gasteiger partial charge in [-0.1, -0.05) is 109 Å². The number of hydrogen-bond donors (Lipinski definition) is 0. The van der Waals surface area contributed by atoms with Crippen molar-refractivity contribution in [2.75, 3.05) is 0 Å². The average molecular weight is 557 g/mol. The third-order valence-electron chi connectivity index (χ3n) is 7.58. The molecular weight excluding hydrogens is 533 g/mol. The van der Waals surface area contributed by atoms with Crippen LogP contribution in [0.25, 0.3) is 64.7 Å². The summed E-state index contributed by atoms with van der Waals surface area (Å²) in [4.78, 5) is 0. The summed E-state index contributed by atoms with van der Waals surface area (Å²) >= 11 is 1.83. The van der Waals surface area contributed by atoms with Crippen LogP contribution in [0.5, 0.6) is 0 Å². The molecule has 0 aliphatic heterocycles. The average Bonchev–Trinajstić information content (AvgIpc) is 3.39. The van der Waals surface area contributed by atoms with E-state index in [0.717, 1.165) is 45.5 Å². The Bertz CT molecular complexity index is 1980. The first-order valence-corrected chi connectivity index (χ1v) is 14.1. The van der Waals surface area contributed by atoms with Crippen LogP contribution in [0.4, 0.5) is 13.2 Å². The number of halogens is 3. The molecule has 1 heterocycles. The van der Waals surface area contributed by atoms with Gasteiger partial charge in [0.1, 0.15) is 0 Å². The van der Waals surface area contributed by atoms with Gasteiger partial charge in [-0.05, 0) is 74.8 Å². The molecule has 0 atom stereocenters. The standard InChI is InChI=1S/C37H23F3S/c38-37(39,40)32-20-17-29(18-21-32)28-11-9-25(10-12-28)24-5-7-26(8-6-24)27-13-15-30(16-14-27)31-19-22-36-34(23-31)33-3-1-2-4-35(33)41-36/h1-23H. The minimum absolute atomic E-state index is 0.638. The molecule has 0 saturated heterocycles. The fraction of sp³-hybridized carbons (Fsp3) is 0.0270. The van der Waals surface area contributed by atoms with Crippen LogP contribution in [0.15, 0.2) is 140 Å². The topological polar surface area (TPSA) is 0 Å². The summed E-state index contributed by atoms with van der Waals surface area (Å²) in [6.45, 7) is 0. The maximum Gasteiger partial charge on any atom is 0.416 e. The summed E-state index contributed by atoms with van der Waals surface area (Å²) < 4.78 is 41.2. The second kappa shape index (κ2) is 10.1. The minimum atomic E-state index is -4.33. The fourth-order valence-electron chi connectivity index (χ4n) is 5.32. The van der Waals surface area contributed by atoms with Gasteiger partial charge in [-0.2, -0.15) is 13.2 Å². The molecule has 0 fully saturated rings. The van der Waals surface area contributed by atoms with Gasteiger partial charge in [-0.25, -0.2) is 0 Å². The van der Waals surface area contributed by atoms with Gasteiger partial charge >= 0.3 is 6.18 Å². The van der Waals surface area contributed by atoms with Gasteiger partial charge in [0.05, 0.1) is 5.56 Å². The quantitative estimate of drug-likeness (QED) is 0.202. The Labute approximate surface area is 240 Å². The van der Waals surface area contributed by atoms with E-state index in [-0.39, 0.29) is 0 Å². The maximum absolute atomic E-state index is 12.9. The van der Waals surface area contributed by atoms with Crippen LogP contribution in [0.2, 0.25) is 0 Å². The van der Waals surface area contributed by atoms with Crippen LogP contribution >= 0.6 is 11.3 Å². The largest absolute Gasteiger partial charge is 0.416 e.